The van der Waals surface area contributed by atoms with E-state index in [1.165, 1.54) is 0 Å². The Morgan fingerprint density at radius 3 is 2.50 bits per heavy atom. The Kier molecular flexibility index (Phi) is 3.90. The van der Waals surface area contributed by atoms with Crippen molar-refractivity contribution in [2.45, 2.75) is 18.6 Å². The maximum absolute atomic E-state index is 11.6. The van der Waals surface area contributed by atoms with Crippen molar-refractivity contribution in [2.24, 2.45) is 11.5 Å². The van der Waals surface area contributed by atoms with E-state index in [2.05, 4.69) is 0 Å². The molecule has 0 saturated heterocycles. The molecule has 0 aliphatic rings. The zero-order valence-electron chi connectivity index (χ0n) is 5.46. The molecule has 2 atom stereocenters. The summed E-state index contributed by atoms with van der Waals surface area (Å²) in [6, 6.07) is -0.953. The topological polar surface area (TPSA) is 89.3 Å². The third kappa shape index (κ3) is 3.37. The summed E-state index contributed by atoms with van der Waals surface area (Å²) >= 11 is 0. The SMILES string of the molecule is NC(=O)C(N)CC(O)CF. The van der Waals surface area contributed by atoms with Gasteiger partial charge in [-0.25, -0.2) is 4.39 Å². The van der Waals surface area contributed by atoms with Crippen LogP contribution < -0.4 is 11.5 Å². The van der Waals surface area contributed by atoms with Gasteiger partial charge >= 0.3 is 0 Å². The first kappa shape index (κ1) is 9.32. The molecule has 0 aromatic rings. The molecule has 2 unspecified atom stereocenters. The number of amides is 1. The van der Waals surface area contributed by atoms with E-state index in [1.807, 2.05) is 0 Å². The van der Waals surface area contributed by atoms with Gasteiger partial charge in [0.05, 0.1) is 12.1 Å². The van der Waals surface area contributed by atoms with Gasteiger partial charge in [-0.2, -0.15) is 0 Å². The first-order valence-electron chi connectivity index (χ1n) is 2.87. The van der Waals surface area contributed by atoms with Crippen molar-refractivity contribution in [3.05, 3.63) is 0 Å². The van der Waals surface area contributed by atoms with Gasteiger partial charge in [0.2, 0.25) is 5.91 Å². The lowest BCUT2D eigenvalue weighted by Gasteiger charge is -2.09. The molecule has 0 fully saturated rings. The monoisotopic (exact) mass is 150 g/mol. The molecule has 0 heterocycles. The largest absolute Gasteiger partial charge is 0.390 e. The Morgan fingerprint density at radius 2 is 2.20 bits per heavy atom. The maximum Gasteiger partial charge on any atom is 0.234 e. The summed E-state index contributed by atoms with van der Waals surface area (Å²) in [6.45, 7) is -0.902. The van der Waals surface area contributed by atoms with Crippen molar-refractivity contribution in [3.8, 4) is 0 Å². The standard InChI is InChI=1S/C5H11FN2O2/c6-2-3(9)1-4(7)5(8)10/h3-4,9H,1-2,7H2,(H2,8,10). The van der Waals surface area contributed by atoms with E-state index in [4.69, 9.17) is 16.6 Å². The molecule has 5 N–H and O–H groups in total. The van der Waals surface area contributed by atoms with Gasteiger partial charge in [0, 0.05) is 0 Å². The first-order chi connectivity index (χ1) is 4.57. The Labute approximate surface area is 58.0 Å². The predicted octanol–water partition coefficient (Wildman–Crippen LogP) is -1.48. The van der Waals surface area contributed by atoms with E-state index < -0.39 is 24.7 Å². The van der Waals surface area contributed by atoms with Crippen LogP contribution in [0.25, 0.3) is 0 Å². The molecule has 0 bridgehead atoms. The van der Waals surface area contributed by atoms with Crippen LogP contribution in [0.4, 0.5) is 4.39 Å². The van der Waals surface area contributed by atoms with Gasteiger partial charge in [-0.3, -0.25) is 4.79 Å². The first-order valence-corrected chi connectivity index (χ1v) is 2.87. The second kappa shape index (κ2) is 4.19. The molecule has 0 aliphatic carbocycles. The van der Waals surface area contributed by atoms with Crippen LogP contribution in [0.15, 0.2) is 0 Å². The maximum atomic E-state index is 11.6. The molecule has 0 aliphatic heterocycles. The highest BCUT2D eigenvalue weighted by atomic mass is 19.1. The van der Waals surface area contributed by atoms with E-state index in [1.54, 1.807) is 0 Å². The molecule has 4 nitrogen and oxygen atoms in total. The number of aliphatic hydroxyl groups is 1. The van der Waals surface area contributed by atoms with Crippen molar-refractivity contribution in [2.75, 3.05) is 6.67 Å². The Balaban J connectivity index is 3.56. The molecule has 0 saturated carbocycles. The highest BCUT2D eigenvalue weighted by molar-refractivity contribution is 5.79. The lowest BCUT2D eigenvalue weighted by molar-refractivity contribution is -0.119. The summed E-state index contributed by atoms with van der Waals surface area (Å²) in [5.41, 5.74) is 9.83. The van der Waals surface area contributed by atoms with Crippen molar-refractivity contribution in [3.63, 3.8) is 0 Å². The third-order valence-electron chi connectivity index (χ3n) is 1.07. The van der Waals surface area contributed by atoms with Crippen molar-refractivity contribution in [1.82, 2.24) is 0 Å². The molecule has 0 spiro atoms. The number of hydrogen-bond acceptors (Lipinski definition) is 3. The average Bonchev–Trinajstić information content (AvgIpc) is 1.87. The third-order valence-corrected chi connectivity index (χ3v) is 1.07. The molecule has 5 heteroatoms. The summed E-state index contributed by atoms with van der Waals surface area (Å²) in [5, 5.41) is 8.61. The minimum Gasteiger partial charge on any atom is -0.390 e. The van der Waals surface area contributed by atoms with Crippen LogP contribution in [0.1, 0.15) is 6.42 Å². The van der Waals surface area contributed by atoms with Gasteiger partial charge in [0.15, 0.2) is 0 Å². The van der Waals surface area contributed by atoms with Crippen molar-refractivity contribution < 1.29 is 14.3 Å². The molecule has 1 amide bonds. The number of rotatable bonds is 4. The average molecular weight is 150 g/mol. The number of carbonyl (C=O) groups is 1. The van der Waals surface area contributed by atoms with Crippen LogP contribution in [0.5, 0.6) is 0 Å². The smallest absolute Gasteiger partial charge is 0.234 e. The number of hydrogen-bond donors (Lipinski definition) is 3. The van der Waals surface area contributed by atoms with Gasteiger partial charge in [0.25, 0.3) is 0 Å². The fraction of sp³-hybridized carbons (Fsp3) is 0.800. The normalized spacial score (nSPS) is 16.3. The van der Waals surface area contributed by atoms with Crippen LogP contribution in [-0.2, 0) is 4.79 Å². The minimum atomic E-state index is -1.18. The number of alkyl halides is 1. The van der Waals surface area contributed by atoms with Crippen LogP contribution in [-0.4, -0.2) is 29.8 Å². The highest BCUT2D eigenvalue weighted by Crippen LogP contribution is 1.95. The highest BCUT2D eigenvalue weighted by Gasteiger charge is 2.14. The summed E-state index contributed by atoms with van der Waals surface area (Å²) < 4.78 is 11.6. The summed E-state index contributed by atoms with van der Waals surface area (Å²) in [5.74, 6) is -0.729. The number of aliphatic hydroxyl groups excluding tert-OH is 1. The van der Waals surface area contributed by atoms with Gasteiger partial charge in [0.1, 0.15) is 6.67 Å². The van der Waals surface area contributed by atoms with Crippen LogP contribution >= 0.6 is 0 Å². The Hall–Kier alpha value is -0.680. The van der Waals surface area contributed by atoms with E-state index in [0.29, 0.717) is 0 Å². The number of primary amides is 1. The molecule has 0 radical (unpaired) electrons. The van der Waals surface area contributed by atoms with Crippen LogP contribution in [0.3, 0.4) is 0 Å². The minimum absolute atomic E-state index is 0.119. The number of halogens is 1. The molecule has 10 heavy (non-hydrogen) atoms. The number of carbonyl (C=O) groups excluding carboxylic acids is 1. The molecular formula is C5H11FN2O2. The van der Waals surface area contributed by atoms with Crippen molar-refractivity contribution in [1.29, 1.82) is 0 Å². The molecule has 0 rings (SSSR count). The van der Waals surface area contributed by atoms with E-state index in [0.717, 1.165) is 0 Å². The number of nitrogens with two attached hydrogens (primary N) is 2. The van der Waals surface area contributed by atoms with Crippen LogP contribution in [0, 0.1) is 0 Å². The van der Waals surface area contributed by atoms with Gasteiger partial charge in [-0.1, -0.05) is 0 Å². The quantitative estimate of drug-likeness (QED) is 0.456. The predicted molar refractivity (Wildman–Crippen MR) is 33.8 cm³/mol. The fourth-order valence-electron chi connectivity index (χ4n) is 0.472. The van der Waals surface area contributed by atoms with Gasteiger partial charge < -0.3 is 16.6 Å². The van der Waals surface area contributed by atoms with Crippen LogP contribution in [0.2, 0.25) is 0 Å². The van der Waals surface area contributed by atoms with E-state index >= 15 is 0 Å². The van der Waals surface area contributed by atoms with Crippen molar-refractivity contribution >= 4 is 5.91 Å². The Morgan fingerprint density at radius 1 is 1.70 bits per heavy atom. The fourth-order valence-corrected chi connectivity index (χ4v) is 0.472. The van der Waals surface area contributed by atoms with E-state index in [9.17, 15) is 9.18 Å². The van der Waals surface area contributed by atoms with Gasteiger partial charge in [-0.15, -0.1) is 0 Å². The molecule has 0 aromatic carbocycles. The van der Waals surface area contributed by atoms with Gasteiger partial charge in [-0.05, 0) is 6.42 Å². The molecule has 0 aromatic heterocycles. The second-order valence-electron chi connectivity index (χ2n) is 2.05. The lowest BCUT2D eigenvalue weighted by atomic mass is 10.1. The molecule has 60 valence electrons. The summed E-state index contributed by atoms with van der Waals surface area (Å²) in [7, 11) is 0. The summed E-state index contributed by atoms with van der Waals surface area (Å²) in [4.78, 5) is 10.2. The summed E-state index contributed by atoms with van der Waals surface area (Å²) in [6.07, 6.45) is -1.30. The zero-order chi connectivity index (χ0) is 8.15. The Bertz CT molecular complexity index is 120. The second-order valence-corrected chi connectivity index (χ2v) is 2.05. The molecular weight excluding hydrogens is 139 g/mol. The zero-order valence-corrected chi connectivity index (χ0v) is 5.46. The lowest BCUT2D eigenvalue weighted by Crippen LogP contribution is -2.39. The van der Waals surface area contributed by atoms with E-state index in [-0.39, 0.29) is 6.42 Å².